The molecule has 0 aromatic heterocycles. The number of carbonyl (C=O) groups is 1. The van der Waals surface area contributed by atoms with Crippen LogP contribution in [0.4, 0.5) is 0 Å². The summed E-state index contributed by atoms with van der Waals surface area (Å²) >= 11 is 3.33. The standard InChI is InChI=1S/C11H15BrO2/c1-10(2)7-3-4-11(5-7,9(13)14)8(10)6-12/h6-7H,3-5H2,1-2H3,(H,13,14)/b8-6+/t7-,11-/m0/s1. The van der Waals surface area contributed by atoms with Gasteiger partial charge in [-0.25, -0.2) is 0 Å². The minimum absolute atomic E-state index is 0.0557. The molecule has 78 valence electrons. The Morgan fingerprint density at radius 3 is 2.71 bits per heavy atom. The third-order valence-electron chi connectivity index (χ3n) is 4.26. The monoisotopic (exact) mass is 258 g/mol. The highest BCUT2D eigenvalue weighted by molar-refractivity contribution is 9.11. The summed E-state index contributed by atoms with van der Waals surface area (Å²) in [6.45, 7) is 4.32. The fourth-order valence-electron chi connectivity index (χ4n) is 3.30. The summed E-state index contributed by atoms with van der Waals surface area (Å²) < 4.78 is 0. The number of carboxylic acid groups (broad SMARTS) is 1. The van der Waals surface area contributed by atoms with Crippen LogP contribution >= 0.6 is 15.9 Å². The van der Waals surface area contributed by atoms with E-state index in [1.165, 1.54) is 0 Å². The average molecular weight is 259 g/mol. The van der Waals surface area contributed by atoms with Crippen LogP contribution in [0.5, 0.6) is 0 Å². The van der Waals surface area contributed by atoms with Gasteiger partial charge in [-0.2, -0.15) is 0 Å². The van der Waals surface area contributed by atoms with Gasteiger partial charge in [0.1, 0.15) is 0 Å². The molecule has 2 fully saturated rings. The van der Waals surface area contributed by atoms with Crippen molar-refractivity contribution in [3.8, 4) is 0 Å². The number of carboxylic acids is 1. The summed E-state index contributed by atoms with van der Waals surface area (Å²) in [4.78, 5) is 13.2. The van der Waals surface area contributed by atoms with Gasteiger partial charge in [-0.15, -0.1) is 0 Å². The van der Waals surface area contributed by atoms with Gasteiger partial charge in [0.05, 0.1) is 5.41 Å². The van der Waals surface area contributed by atoms with Crippen molar-refractivity contribution in [2.75, 3.05) is 0 Å². The summed E-state index contributed by atoms with van der Waals surface area (Å²) in [5, 5.41) is 9.36. The van der Waals surface area contributed by atoms with Crippen LogP contribution < -0.4 is 0 Å². The second kappa shape index (κ2) is 2.84. The Balaban J connectivity index is 2.52. The molecule has 2 nitrogen and oxygen atoms in total. The normalized spacial score (nSPS) is 41.9. The molecule has 2 aliphatic carbocycles. The van der Waals surface area contributed by atoms with Gasteiger partial charge in [0.15, 0.2) is 0 Å². The molecule has 14 heavy (non-hydrogen) atoms. The first-order chi connectivity index (χ1) is 6.45. The number of aliphatic carboxylic acids is 1. The summed E-state index contributed by atoms with van der Waals surface area (Å²) in [6, 6.07) is 0. The van der Waals surface area contributed by atoms with Crippen molar-refractivity contribution in [1.82, 2.24) is 0 Å². The molecule has 2 bridgehead atoms. The third-order valence-corrected chi connectivity index (χ3v) is 4.72. The van der Waals surface area contributed by atoms with Crippen molar-refractivity contribution in [3.63, 3.8) is 0 Å². The zero-order valence-corrected chi connectivity index (χ0v) is 10.1. The number of hydrogen-bond donors (Lipinski definition) is 1. The van der Waals surface area contributed by atoms with Gasteiger partial charge < -0.3 is 5.11 Å². The maximum Gasteiger partial charge on any atom is 0.313 e. The van der Waals surface area contributed by atoms with Gasteiger partial charge >= 0.3 is 5.97 Å². The van der Waals surface area contributed by atoms with Crippen molar-refractivity contribution < 1.29 is 9.90 Å². The van der Waals surface area contributed by atoms with Gasteiger partial charge in [-0.3, -0.25) is 4.79 Å². The van der Waals surface area contributed by atoms with Gasteiger partial charge in [0.2, 0.25) is 0 Å². The fourth-order valence-corrected chi connectivity index (χ4v) is 4.33. The molecule has 0 radical (unpaired) electrons. The molecular weight excluding hydrogens is 244 g/mol. The van der Waals surface area contributed by atoms with Crippen molar-refractivity contribution in [3.05, 3.63) is 10.6 Å². The molecule has 2 rings (SSSR count). The van der Waals surface area contributed by atoms with Crippen LogP contribution in [0, 0.1) is 16.7 Å². The molecule has 2 aliphatic rings. The SMILES string of the molecule is CC1(C)/C(=C\Br)[C@]2(C(=O)O)CC[C@H]1C2. The lowest BCUT2D eigenvalue weighted by Gasteiger charge is -2.36. The first-order valence-corrected chi connectivity index (χ1v) is 5.91. The molecule has 0 amide bonds. The maximum absolute atomic E-state index is 11.4. The summed E-state index contributed by atoms with van der Waals surface area (Å²) in [7, 11) is 0. The van der Waals surface area contributed by atoms with E-state index in [0.717, 1.165) is 24.8 Å². The highest BCUT2D eigenvalue weighted by atomic mass is 79.9. The number of fused-ring (bicyclic) bond motifs is 2. The van der Waals surface area contributed by atoms with Crippen LogP contribution in [-0.2, 0) is 4.79 Å². The highest BCUT2D eigenvalue weighted by Gasteiger charge is 2.61. The van der Waals surface area contributed by atoms with E-state index < -0.39 is 11.4 Å². The average Bonchev–Trinajstić information content (AvgIpc) is 2.58. The molecule has 0 aromatic carbocycles. The zero-order valence-electron chi connectivity index (χ0n) is 8.51. The summed E-state index contributed by atoms with van der Waals surface area (Å²) in [5.74, 6) is -0.0984. The van der Waals surface area contributed by atoms with E-state index >= 15 is 0 Å². The molecular formula is C11H15BrO2. The van der Waals surface area contributed by atoms with E-state index in [0.29, 0.717) is 5.92 Å². The van der Waals surface area contributed by atoms with E-state index in [9.17, 15) is 9.90 Å². The highest BCUT2D eigenvalue weighted by Crippen LogP contribution is 2.66. The van der Waals surface area contributed by atoms with E-state index in [1.807, 2.05) is 4.99 Å². The molecule has 0 aliphatic heterocycles. The fraction of sp³-hybridized carbons (Fsp3) is 0.727. The molecule has 2 atom stereocenters. The molecule has 3 heteroatoms. The van der Waals surface area contributed by atoms with Gasteiger partial charge in [-0.05, 0) is 41.2 Å². The lowest BCUT2D eigenvalue weighted by Crippen LogP contribution is -2.33. The Hall–Kier alpha value is -0.310. The van der Waals surface area contributed by atoms with Crippen molar-refractivity contribution in [2.45, 2.75) is 33.1 Å². The largest absolute Gasteiger partial charge is 0.481 e. The molecule has 0 spiro atoms. The zero-order chi connectivity index (χ0) is 10.6. The predicted octanol–water partition coefficient (Wildman–Crippen LogP) is 3.18. The maximum atomic E-state index is 11.4. The van der Waals surface area contributed by atoms with Crippen LogP contribution in [-0.4, -0.2) is 11.1 Å². The Labute approximate surface area is 92.5 Å². The third kappa shape index (κ3) is 0.992. The quantitative estimate of drug-likeness (QED) is 0.785. The first kappa shape index (κ1) is 10.2. The number of halogens is 1. The van der Waals surface area contributed by atoms with E-state index in [2.05, 4.69) is 29.8 Å². The lowest BCUT2D eigenvalue weighted by atomic mass is 9.68. The van der Waals surface area contributed by atoms with Crippen LogP contribution in [0.1, 0.15) is 33.1 Å². The minimum Gasteiger partial charge on any atom is -0.481 e. The van der Waals surface area contributed by atoms with Gasteiger partial charge in [0.25, 0.3) is 0 Å². The van der Waals surface area contributed by atoms with Crippen molar-refractivity contribution in [2.24, 2.45) is 16.7 Å². The molecule has 0 aromatic rings. The van der Waals surface area contributed by atoms with Crippen LogP contribution in [0.3, 0.4) is 0 Å². The Morgan fingerprint density at radius 1 is 1.64 bits per heavy atom. The van der Waals surface area contributed by atoms with Crippen molar-refractivity contribution >= 4 is 21.9 Å². The summed E-state index contributed by atoms with van der Waals surface area (Å²) in [5.41, 5.74) is 0.575. The van der Waals surface area contributed by atoms with E-state index in [1.54, 1.807) is 0 Å². The summed E-state index contributed by atoms with van der Waals surface area (Å²) in [6.07, 6.45) is 2.70. The predicted molar refractivity (Wildman–Crippen MR) is 58.2 cm³/mol. The first-order valence-electron chi connectivity index (χ1n) is 5.00. The topological polar surface area (TPSA) is 37.3 Å². The van der Waals surface area contributed by atoms with Gasteiger partial charge in [0, 0.05) is 0 Å². The molecule has 2 saturated carbocycles. The molecule has 0 saturated heterocycles. The Morgan fingerprint density at radius 2 is 2.29 bits per heavy atom. The van der Waals surface area contributed by atoms with Crippen LogP contribution in [0.25, 0.3) is 0 Å². The van der Waals surface area contributed by atoms with E-state index in [4.69, 9.17) is 0 Å². The lowest BCUT2D eigenvalue weighted by molar-refractivity contribution is -0.146. The molecule has 0 unspecified atom stereocenters. The van der Waals surface area contributed by atoms with Gasteiger partial charge in [-0.1, -0.05) is 29.8 Å². The Bertz CT molecular complexity index is 319. The van der Waals surface area contributed by atoms with Crippen LogP contribution in [0.2, 0.25) is 0 Å². The molecule has 0 heterocycles. The minimum atomic E-state index is -0.642. The number of rotatable bonds is 1. The molecule has 1 N–H and O–H groups in total. The smallest absolute Gasteiger partial charge is 0.313 e. The van der Waals surface area contributed by atoms with Crippen LogP contribution in [0.15, 0.2) is 10.6 Å². The second-order valence-electron chi connectivity index (χ2n) is 5.07. The Kier molecular flexibility index (Phi) is 2.08. The van der Waals surface area contributed by atoms with E-state index in [-0.39, 0.29) is 5.41 Å². The number of hydrogen-bond acceptors (Lipinski definition) is 1. The van der Waals surface area contributed by atoms with Crippen molar-refractivity contribution in [1.29, 1.82) is 0 Å². The second-order valence-corrected chi connectivity index (χ2v) is 5.53.